The van der Waals surface area contributed by atoms with Gasteiger partial charge < -0.3 is 20.1 Å². The maximum atomic E-state index is 12.5. The number of carbonyl (C=O) groups is 3. The summed E-state index contributed by atoms with van der Waals surface area (Å²) in [6.45, 7) is 2.18. The number of ether oxygens (including phenoxy) is 2. The molecule has 0 fully saturated rings. The number of nitrogens with one attached hydrogen (secondary N) is 2. The Morgan fingerprint density at radius 1 is 1.07 bits per heavy atom. The molecule has 0 aliphatic carbocycles. The second-order valence-electron chi connectivity index (χ2n) is 6.80. The Kier molecular flexibility index (Phi) is 6.13. The molecule has 29 heavy (non-hydrogen) atoms. The van der Waals surface area contributed by atoms with E-state index in [9.17, 15) is 14.4 Å². The highest BCUT2D eigenvalue weighted by atomic mass is 16.7. The summed E-state index contributed by atoms with van der Waals surface area (Å²) in [5.41, 5.74) is 2.32. The number of nitrogens with zero attached hydrogens (tertiary/aromatic N) is 1. The second-order valence-corrected chi connectivity index (χ2v) is 6.80. The number of anilines is 1. The van der Waals surface area contributed by atoms with Crippen LogP contribution in [0, 0.1) is 0 Å². The number of rotatable bonds is 7. The van der Waals surface area contributed by atoms with Gasteiger partial charge in [-0.25, -0.2) is 0 Å². The van der Waals surface area contributed by atoms with E-state index in [1.54, 1.807) is 31.3 Å². The number of fused-ring (bicyclic) bond motifs is 1. The molecule has 2 amide bonds. The van der Waals surface area contributed by atoms with Gasteiger partial charge in [0.1, 0.15) is 0 Å². The Labute approximate surface area is 168 Å². The number of carbonyl (C=O) groups excluding carboxylic acids is 3. The molecule has 1 aliphatic rings. The van der Waals surface area contributed by atoms with E-state index in [-0.39, 0.29) is 30.9 Å². The largest absolute Gasteiger partial charge is 0.454 e. The minimum atomic E-state index is -0.254. The first-order valence-corrected chi connectivity index (χ1v) is 9.11. The van der Waals surface area contributed by atoms with Crippen molar-refractivity contribution in [2.75, 3.05) is 32.7 Å². The highest BCUT2D eigenvalue weighted by molar-refractivity contribution is 6.05. The van der Waals surface area contributed by atoms with Crippen molar-refractivity contribution in [2.24, 2.45) is 0 Å². The fourth-order valence-corrected chi connectivity index (χ4v) is 3.04. The second kappa shape index (κ2) is 8.74. The third kappa shape index (κ3) is 4.91. The first-order chi connectivity index (χ1) is 13.9. The lowest BCUT2D eigenvalue weighted by molar-refractivity contribution is -0.117. The molecule has 0 unspecified atom stereocenters. The van der Waals surface area contributed by atoms with E-state index in [1.165, 1.54) is 6.92 Å². The zero-order chi connectivity index (χ0) is 21.0. The molecule has 2 aromatic rings. The van der Waals surface area contributed by atoms with Gasteiger partial charge in [0.05, 0.1) is 12.2 Å². The first-order valence-electron chi connectivity index (χ1n) is 9.11. The first kappa shape index (κ1) is 20.3. The van der Waals surface area contributed by atoms with Crippen LogP contribution in [0.2, 0.25) is 0 Å². The van der Waals surface area contributed by atoms with Gasteiger partial charge >= 0.3 is 0 Å². The molecule has 0 spiro atoms. The van der Waals surface area contributed by atoms with Crippen LogP contribution in [-0.4, -0.2) is 49.9 Å². The summed E-state index contributed by atoms with van der Waals surface area (Å²) in [7, 11) is 3.40. The normalized spacial score (nSPS) is 12.0. The molecule has 1 heterocycles. The smallest absolute Gasteiger partial charge is 0.251 e. The zero-order valence-corrected chi connectivity index (χ0v) is 16.6. The molecule has 0 bridgehead atoms. The number of hydrogen-bond acceptors (Lipinski definition) is 6. The van der Waals surface area contributed by atoms with Gasteiger partial charge in [0.15, 0.2) is 17.3 Å². The van der Waals surface area contributed by atoms with E-state index in [2.05, 4.69) is 10.6 Å². The van der Waals surface area contributed by atoms with E-state index < -0.39 is 0 Å². The molecule has 0 aromatic heterocycles. The maximum absolute atomic E-state index is 12.5. The van der Waals surface area contributed by atoms with Crippen molar-refractivity contribution in [3.8, 4) is 11.5 Å². The molecule has 0 saturated heterocycles. The molecule has 2 aromatic carbocycles. The summed E-state index contributed by atoms with van der Waals surface area (Å²) in [6.07, 6.45) is 0. The Morgan fingerprint density at radius 2 is 1.72 bits per heavy atom. The van der Waals surface area contributed by atoms with Crippen LogP contribution in [0.4, 0.5) is 5.69 Å². The molecule has 3 rings (SSSR count). The molecule has 152 valence electrons. The average Bonchev–Trinajstić information content (AvgIpc) is 3.14. The summed E-state index contributed by atoms with van der Waals surface area (Å²) in [4.78, 5) is 37.8. The van der Waals surface area contributed by atoms with Crippen molar-refractivity contribution < 1.29 is 23.9 Å². The van der Waals surface area contributed by atoms with Crippen molar-refractivity contribution >= 4 is 23.3 Å². The fraction of sp³-hybridized carbons (Fsp3) is 0.286. The van der Waals surface area contributed by atoms with Gasteiger partial charge in [0.25, 0.3) is 5.91 Å². The van der Waals surface area contributed by atoms with Crippen LogP contribution < -0.4 is 20.1 Å². The van der Waals surface area contributed by atoms with E-state index in [0.717, 1.165) is 5.56 Å². The van der Waals surface area contributed by atoms with Crippen LogP contribution in [0.5, 0.6) is 11.5 Å². The molecule has 2 N–H and O–H groups in total. The Morgan fingerprint density at radius 3 is 2.34 bits per heavy atom. The van der Waals surface area contributed by atoms with Crippen LogP contribution in [0.25, 0.3) is 0 Å². The van der Waals surface area contributed by atoms with Crippen molar-refractivity contribution in [3.05, 3.63) is 53.1 Å². The Balaban J connectivity index is 1.62. The minimum absolute atomic E-state index is 0.0888. The number of amides is 2. The van der Waals surface area contributed by atoms with Gasteiger partial charge in [-0.2, -0.15) is 0 Å². The molecule has 0 saturated carbocycles. The fourth-order valence-electron chi connectivity index (χ4n) is 3.04. The number of Topliss-reactive ketones (excluding diaryl/α,β-unsaturated/α-hetero) is 1. The third-order valence-corrected chi connectivity index (χ3v) is 4.48. The van der Waals surface area contributed by atoms with E-state index in [0.29, 0.717) is 34.9 Å². The monoisotopic (exact) mass is 397 g/mol. The summed E-state index contributed by atoms with van der Waals surface area (Å²) in [5, 5.41) is 5.36. The zero-order valence-electron chi connectivity index (χ0n) is 16.6. The summed E-state index contributed by atoms with van der Waals surface area (Å²) in [5.74, 6) is 0.411. The number of ketones is 1. The van der Waals surface area contributed by atoms with E-state index >= 15 is 0 Å². The van der Waals surface area contributed by atoms with Gasteiger partial charge in [-0.15, -0.1) is 0 Å². The molecular formula is C21H23N3O5. The molecule has 8 heteroatoms. The van der Waals surface area contributed by atoms with Crippen molar-refractivity contribution in [1.29, 1.82) is 0 Å². The van der Waals surface area contributed by atoms with E-state index in [4.69, 9.17) is 9.47 Å². The SMILES string of the molecule is CNC(=O)c1ccc(CN(C)CC(=O)Nc2cc3c(cc2C(C)=O)OCO3)cc1. The molecule has 1 aliphatic heterocycles. The van der Waals surface area contributed by atoms with Gasteiger partial charge in [0.2, 0.25) is 12.7 Å². The standard InChI is InChI=1S/C21H23N3O5/c1-13(25)16-8-18-19(29-12-28-18)9-17(16)23-20(26)11-24(3)10-14-4-6-15(7-5-14)21(27)22-2/h4-9H,10-12H2,1-3H3,(H,22,27)(H,23,26). The van der Waals surface area contributed by atoms with Crippen molar-refractivity contribution in [2.45, 2.75) is 13.5 Å². The Hall–Kier alpha value is -3.39. The maximum Gasteiger partial charge on any atom is 0.251 e. The predicted octanol–water partition coefficient (Wildman–Crippen LogP) is 2.05. The molecule has 0 radical (unpaired) electrons. The predicted molar refractivity (Wildman–Crippen MR) is 107 cm³/mol. The number of benzene rings is 2. The van der Waals surface area contributed by atoms with Gasteiger partial charge in [-0.3, -0.25) is 19.3 Å². The molecule has 8 nitrogen and oxygen atoms in total. The highest BCUT2D eigenvalue weighted by Crippen LogP contribution is 2.37. The molecular weight excluding hydrogens is 374 g/mol. The van der Waals surface area contributed by atoms with Crippen LogP contribution in [0.15, 0.2) is 36.4 Å². The topological polar surface area (TPSA) is 97.0 Å². The summed E-state index contributed by atoms with van der Waals surface area (Å²) < 4.78 is 10.6. The van der Waals surface area contributed by atoms with Crippen LogP contribution in [-0.2, 0) is 11.3 Å². The van der Waals surface area contributed by atoms with Crippen molar-refractivity contribution in [3.63, 3.8) is 0 Å². The van der Waals surface area contributed by atoms with Crippen LogP contribution in [0.1, 0.15) is 33.2 Å². The third-order valence-electron chi connectivity index (χ3n) is 4.48. The summed E-state index contributed by atoms with van der Waals surface area (Å²) >= 11 is 0. The Bertz CT molecular complexity index is 940. The van der Waals surface area contributed by atoms with E-state index in [1.807, 2.05) is 24.1 Å². The number of hydrogen-bond donors (Lipinski definition) is 2. The lowest BCUT2D eigenvalue weighted by Gasteiger charge is -2.17. The summed E-state index contributed by atoms with van der Waals surface area (Å²) in [6, 6.07) is 10.4. The van der Waals surface area contributed by atoms with Crippen LogP contribution >= 0.6 is 0 Å². The highest BCUT2D eigenvalue weighted by Gasteiger charge is 2.20. The van der Waals surface area contributed by atoms with Gasteiger partial charge in [0, 0.05) is 30.8 Å². The lowest BCUT2D eigenvalue weighted by Crippen LogP contribution is -2.30. The van der Waals surface area contributed by atoms with Gasteiger partial charge in [-0.05, 0) is 37.7 Å². The number of likely N-dealkylation sites (N-methyl/N-ethyl adjacent to an activating group) is 1. The van der Waals surface area contributed by atoms with Crippen molar-refractivity contribution in [1.82, 2.24) is 10.2 Å². The average molecular weight is 397 g/mol. The molecule has 0 atom stereocenters. The van der Waals surface area contributed by atoms with Gasteiger partial charge in [-0.1, -0.05) is 12.1 Å². The van der Waals surface area contributed by atoms with Crippen LogP contribution in [0.3, 0.4) is 0 Å². The quantitative estimate of drug-likeness (QED) is 0.694. The minimum Gasteiger partial charge on any atom is -0.454 e. The lowest BCUT2D eigenvalue weighted by atomic mass is 10.1.